The standard InChI is InChI=1S/C34H47BrO3Si/c1-8-26(30-24-27(9-2)32(36-7)31(25-35)33(30)37-10-3)18-17-23-38-39(34(4,5)6,28-19-13-11-14-20-28)29-21-15-12-16-22-29/h11-16,19-22,24,26H,8-10,17-18,23,25H2,1-7H3. The van der Waals surface area contributed by atoms with E-state index in [-0.39, 0.29) is 5.04 Å². The Hall–Kier alpha value is -2.08. The zero-order chi connectivity index (χ0) is 28.5. The highest BCUT2D eigenvalue weighted by Gasteiger charge is 2.50. The number of alkyl halides is 1. The molecule has 3 aromatic carbocycles. The normalized spacial score (nSPS) is 12.8. The number of rotatable bonds is 14. The Balaban J connectivity index is 1.92. The maximum absolute atomic E-state index is 7.18. The molecule has 0 amide bonds. The SMILES string of the molecule is CCOc1c(C(CC)CCCO[Si](c2ccccc2)(c2ccccc2)C(C)(C)C)cc(CC)c(OC)c1CBr. The fraction of sp³-hybridized carbons (Fsp3) is 0.471. The lowest BCUT2D eigenvalue weighted by molar-refractivity contribution is 0.281. The van der Waals surface area contributed by atoms with Gasteiger partial charge in [0.2, 0.25) is 0 Å². The second-order valence-electron chi connectivity index (χ2n) is 11.1. The van der Waals surface area contributed by atoms with Gasteiger partial charge in [0.05, 0.1) is 13.7 Å². The molecule has 39 heavy (non-hydrogen) atoms. The quantitative estimate of drug-likeness (QED) is 0.104. The minimum absolute atomic E-state index is 0.0151. The van der Waals surface area contributed by atoms with E-state index >= 15 is 0 Å². The van der Waals surface area contributed by atoms with Gasteiger partial charge in [-0.25, -0.2) is 0 Å². The van der Waals surface area contributed by atoms with Gasteiger partial charge in [0.15, 0.2) is 0 Å². The highest BCUT2D eigenvalue weighted by molar-refractivity contribution is 9.08. The summed E-state index contributed by atoms with van der Waals surface area (Å²) in [5.74, 6) is 2.33. The molecule has 1 unspecified atom stereocenters. The van der Waals surface area contributed by atoms with Gasteiger partial charge < -0.3 is 13.9 Å². The molecule has 0 saturated carbocycles. The molecule has 1 atom stereocenters. The van der Waals surface area contributed by atoms with Crippen LogP contribution in [0, 0.1) is 0 Å². The lowest BCUT2D eigenvalue weighted by Gasteiger charge is -2.43. The van der Waals surface area contributed by atoms with E-state index in [9.17, 15) is 0 Å². The van der Waals surface area contributed by atoms with Crippen molar-refractivity contribution in [2.45, 2.75) is 83.5 Å². The van der Waals surface area contributed by atoms with Gasteiger partial charge in [-0.3, -0.25) is 0 Å². The number of methoxy groups -OCH3 is 1. The van der Waals surface area contributed by atoms with Crippen LogP contribution in [0.3, 0.4) is 0 Å². The Morgan fingerprint density at radius 2 is 1.46 bits per heavy atom. The Bertz CT molecular complexity index is 1120. The number of hydrogen-bond acceptors (Lipinski definition) is 3. The molecule has 3 nitrogen and oxygen atoms in total. The third-order valence-corrected chi connectivity index (χ3v) is 13.4. The lowest BCUT2D eigenvalue weighted by atomic mass is 9.87. The van der Waals surface area contributed by atoms with Crippen LogP contribution >= 0.6 is 15.9 Å². The fourth-order valence-electron chi connectivity index (χ4n) is 5.94. The first-order chi connectivity index (χ1) is 18.8. The summed E-state index contributed by atoms with van der Waals surface area (Å²) in [5.41, 5.74) is 3.67. The molecule has 3 rings (SSSR count). The zero-order valence-electron chi connectivity index (χ0n) is 25.0. The summed E-state index contributed by atoms with van der Waals surface area (Å²) in [7, 11) is -0.764. The van der Waals surface area contributed by atoms with Gasteiger partial charge in [-0.15, -0.1) is 0 Å². The third-order valence-electron chi connectivity index (χ3n) is 7.80. The summed E-state index contributed by atoms with van der Waals surface area (Å²) in [6.45, 7) is 14.9. The molecule has 0 spiro atoms. The highest BCUT2D eigenvalue weighted by atomic mass is 79.9. The summed E-state index contributed by atoms with van der Waals surface area (Å²) in [6.07, 6.45) is 4.02. The number of hydrogen-bond donors (Lipinski definition) is 0. The average Bonchev–Trinajstić information content (AvgIpc) is 2.95. The zero-order valence-corrected chi connectivity index (χ0v) is 27.6. The molecule has 0 fully saturated rings. The van der Waals surface area contributed by atoms with Gasteiger partial charge in [0.25, 0.3) is 8.32 Å². The molecule has 0 aliphatic rings. The van der Waals surface area contributed by atoms with Crippen LogP contribution in [0.15, 0.2) is 66.7 Å². The molecule has 212 valence electrons. The molecular weight excluding hydrogens is 564 g/mol. The van der Waals surface area contributed by atoms with Crippen molar-refractivity contribution in [3.63, 3.8) is 0 Å². The van der Waals surface area contributed by atoms with E-state index in [1.807, 2.05) is 0 Å². The van der Waals surface area contributed by atoms with Gasteiger partial charge in [0.1, 0.15) is 11.5 Å². The predicted octanol–water partition coefficient (Wildman–Crippen LogP) is 8.40. The molecule has 3 aromatic rings. The van der Waals surface area contributed by atoms with Gasteiger partial charge in [-0.05, 0) is 71.1 Å². The van der Waals surface area contributed by atoms with Gasteiger partial charge >= 0.3 is 0 Å². The van der Waals surface area contributed by atoms with E-state index < -0.39 is 8.32 Å². The Morgan fingerprint density at radius 1 is 0.872 bits per heavy atom. The number of aryl methyl sites for hydroxylation is 1. The van der Waals surface area contributed by atoms with E-state index in [1.54, 1.807) is 7.11 Å². The molecule has 0 bridgehead atoms. The van der Waals surface area contributed by atoms with Gasteiger partial charge in [-0.2, -0.15) is 0 Å². The molecule has 0 saturated heterocycles. The van der Waals surface area contributed by atoms with Crippen molar-refractivity contribution >= 4 is 34.6 Å². The first-order valence-electron chi connectivity index (χ1n) is 14.4. The van der Waals surface area contributed by atoms with Crippen LogP contribution < -0.4 is 19.8 Å². The average molecular weight is 612 g/mol. The van der Waals surface area contributed by atoms with E-state index in [0.29, 0.717) is 17.9 Å². The first kappa shape index (κ1) is 31.4. The summed E-state index contributed by atoms with van der Waals surface area (Å²) >= 11 is 3.71. The van der Waals surface area contributed by atoms with E-state index in [1.165, 1.54) is 21.5 Å². The van der Waals surface area contributed by atoms with Crippen molar-refractivity contribution in [3.8, 4) is 11.5 Å². The minimum atomic E-state index is -2.52. The molecule has 0 radical (unpaired) electrons. The minimum Gasteiger partial charge on any atom is -0.496 e. The topological polar surface area (TPSA) is 27.7 Å². The number of benzene rings is 3. The molecule has 0 aromatic heterocycles. The van der Waals surface area contributed by atoms with Crippen LogP contribution in [0.1, 0.15) is 83.4 Å². The Morgan fingerprint density at radius 3 is 1.90 bits per heavy atom. The first-order valence-corrected chi connectivity index (χ1v) is 17.5. The summed E-state index contributed by atoms with van der Waals surface area (Å²) in [5, 5.41) is 3.36. The van der Waals surface area contributed by atoms with Gasteiger partial charge in [0, 0.05) is 17.5 Å². The van der Waals surface area contributed by atoms with E-state index in [2.05, 4.69) is 124 Å². The van der Waals surface area contributed by atoms with Crippen molar-refractivity contribution in [3.05, 3.63) is 83.4 Å². The second kappa shape index (κ2) is 14.5. The third kappa shape index (κ3) is 6.81. The maximum Gasteiger partial charge on any atom is 0.261 e. The molecular formula is C34H47BrO3Si. The summed E-state index contributed by atoms with van der Waals surface area (Å²) in [6, 6.07) is 24.2. The van der Waals surface area contributed by atoms with Crippen LogP contribution in [0.4, 0.5) is 0 Å². The van der Waals surface area contributed by atoms with Crippen LogP contribution in [0.25, 0.3) is 0 Å². The summed E-state index contributed by atoms with van der Waals surface area (Å²) < 4.78 is 19.3. The van der Waals surface area contributed by atoms with Crippen molar-refractivity contribution in [1.82, 2.24) is 0 Å². The monoisotopic (exact) mass is 610 g/mol. The fourth-order valence-corrected chi connectivity index (χ4v) is 11.1. The largest absolute Gasteiger partial charge is 0.496 e. The molecule has 0 N–H and O–H groups in total. The second-order valence-corrected chi connectivity index (χ2v) is 16.0. The molecule has 0 heterocycles. The Kier molecular flexibility index (Phi) is 11.7. The molecule has 0 aliphatic heterocycles. The van der Waals surface area contributed by atoms with Crippen LogP contribution in [-0.4, -0.2) is 28.6 Å². The van der Waals surface area contributed by atoms with Crippen molar-refractivity contribution in [2.24, 2.45) is 0 Å². The van der Waals surface area contributed by atoms with Crippen LogP contribution in [0.2, 0.25) is 5.04 Å². The van der Waals surface area contributed by atoms with Gasteiger partial charge in [-0.1, -0.05) is 111 Å². The van der Waals surface area contributed by atoms with E-state index in [4.69, 9.17) is 13.9 Å². The lowest BCUT2D eigenvalue weighted by Crippen LogP contribution is -2.66. The maximum atomic E-state index is 7.18. The summed E-state index contributed by atoms with van der Waals surface area (Å²) in [4.78, 5) is 0. The van der Waals surface area contributed by atoms with Crippen molar-refractivity contribution in [2.75, 3.05) is 20.3 Å². The molecule has 5 heteroatoms. The Labute approximate surface area is 246 Å². The number of halogens is 1. The molecule has 0 aliphatic carbocycles. The number of ether oxygens (including phenoxy) is 2. The van der Waals surface area contributed by atoms with Crippen molar-refractivity contribution < 1.29 is 13.9 Å². The van der Waals surface area contributed by atoms with Crippen molar-refractivity contribution in [1.29, 1.82) is 0 Å². The van der Waals surface area contributed by atoms with Crippen LogP contribution in [0.5, 0.6) is 11.5 Å². The predicted molar refractivity (Wildman–Crippen MR) is 172 cm³/mol. The van der Waals surface area contributed by atoms with E-state index in [0.717, 1.165) is 49.4 Å². The highest BCUT2D eigenvalue weighted by Crippen LogP contribution is 2.43. The van der Waals surface area contributed by atoms with Crippen LogP contribution in [-0.2, 0) is 16.2 Å². The smallest absolute Gasteiger partial charge is 0.261 e.